The minimum Gasteiger partial charge on any atom is -0.315 e. The van der Waals surface area contributed by atoms with E-state index in [2.05, 4.69) is 38.2 Å². The summed E-state index contributed by atoms with van der Waals surface area (Å²) in [6, 6.07) is 0. The normalized spacial score (nSPS) is 36.1. The van der Waals surface area contributed by atoms with E-state index in [1.807, 2.05) is 13.0 Å². The Morgan fingerprint density at radius 1 is 1.19 bits per heavy atom. The van der Waals surface area contributed by atoms with Gasteiger partial charge in [0.25, 0.3) is 0 Å². The molecular formula is C29H46FN3O3. The number of ketones is 1. The van der Waals surface area contributed by atoms with Crippen molar-refractivity contribution in [2.24, 2.45) is 45.6 Å². The molecule has 0 bridgehead atoms. The largest absolute Gasteiger partial charge is 0.438 e. The van der Waals surface area contributed by atoms with Crippen LogP contribution in [-0.4, -0.2) is 48.9 Å². The van der Waals surface area contributed by atoms with Crippen LogP contribution in [0.1, 0.15) is 86.0 Å². The van der Waals surface area contributed by atoms with Crippen LogP contribution in [0.4, 0.5) is 9.18 Å². The number of oxime groups is 1. The van der Waals surface area contributed by atoms with Crippen LogP contribution < -0.4 is 5.32 Å². The average Bonchev–Trinajstić information content (AvgIpc) is 3.20. The van der Waals surface area contributed by atoms with Crippen molar-refractivity contribution in [3.8, 4) is 0 Å². The van der Waals surface area contributed by atoms with Gasteiger partial charge in [-0.05, 0) is 99.0 Å². The first-order valence-corrected chi connectivity index (χ1v) is 14.1. The molecule has 4 rings (SSSR count). The zero-order valence-corrected chi connectivity index (χ0v) is 22.9. The lowest BCUT2D eigenvalue weighted by Gasteiger charge is -2.58. The molecule has 0 heterocycles. The molecule has 7 heteroatoms. The molecule has 0 aromatic carbocycles. The number of hydrogen-bond acceptors (Lipinski definition) is 5. The number of carbonyl (C=O) groups is 2. The molecule has 202 valence electrons. The molecule has 4 aliphatic carbocycles. The van der Waals surface area contributed by atoms with Crippen molar-refractivity contribution in [3.05, 3.63) is 11.6 Å². The maximum Gasteiger partial charge on any atom is 0.438 e. The van der Waals surface area contributed by atoms with Gasteiger partial charge in [0.15, 0.2) is 12.6 Å². The van der Waals surface area contributed by atoms with E-state index in [1.54, 1.807) is 0 Å². The summed E-state index contributed by atoms with van der Waals surface area (Å²) in [5.74, 6) is 3.05. The van der Waals surface area contributed by atoms with Crippen molar-refractivity contribution < 1.29 is 18.8 Å². The monoisotopic (exact) mass is 503 g/mol. The van der Waals surface area contributed by atoms with E-state index in [1.165, 1.54) is 24.8 Å². The lowest BCUT2D eigenvalue weighted by Crippen LogP contribution is -2.51. The van der Waals surface area contributed by atoms with E-state index in [4.69, 9.17) is 4.84 Å². The molecule has 0 unspecified atom stereocenters. The summed E-state index contributed by atoms with van der Waals surface area (Å²) in [6.45, 7) is 11.7. The summed E-state index contributed by atoms with van der Waals surface area (Å²) < 4.78 is 13.5. The highest BCUT2D eigenvalue weighted by atomic mass is 19.1. The van der Waals surface area contributed by atoms with Crippen LogP contribution in [-0.2, 0) is 9.63 Å². The second kappa shape index (κ2) is 10.9. The van der Waals surface area contributed by atoms with Gasteiger partial charge in [-0.3, -0.25) is 14.5 Å². The summed E-state index contributed by atoms with van der Waals surface area (Å²) in [5.41, 5.74) is 2.58. The number of alkyl halides is 1. The number of rotatable bonds is 8. The third-order valence-corrected chi connectivity index (χ3v) is 10.2. The standard InChI is InChI=1S/C29H46FN3O3/c1-19(2)17-31-14-15-33(18-30)27(35)36-32-20(3)24-8-9-25-23-7-6-21-16-22(34)10-12-28(21,4)26(23)11-13-29(24,25)5/h16,19,23-26,31H,6-15,17-18H2,1-5H3/b32-20+/t23-,24+,25-,26-,28-,29+/m0/s1. The molecule has 0 aromatic rings. The molecule has 0 saturated heterocycles. The lowest BCUT2D eigenvalue weighted by molar-refractivity contribution is -0.117. The van der Waals surface area contributed by atoms with Gasteiger partial charge >= 0.3 is 6.09 Å². The summed E-state index contributed by atoms with van der Waals surface area (Å²) >= 11 is 0. The SMILES string of the molecule is C/C(=N\OC(=O)N(CF)CCNCC(C)C)[C@H]1CC[C@H]2[C@@H]3CCC4=CC(=O)CC[C@]4(C)[C@H]3CC[C@]12C. The lowest BCUT2D eigenvalue weighted by atomic mass is 9.46. The van der Waals surface area contributed by atoms with E-state index >= 15 is 0 Å². The first-order chi connectivity index (χ1) is 17.1. The summed E-state index contributed by atoms with van der Waals surface area (Å²) in [5, 5.41) is 7.47. The van der Waals surface area contributed by atoms with Gasteiger partial charge in [-0.1, -0.05) is 38.4 Å². The number of nitrogens with zero attached hydrogens (tertiary/aromatic N) is 2. The zero-order valence-electron chi connectivity index (χ0n) is 22.9. The Morgan fingerprint density at radius 3 is 2.69 bits per heavy atom. The van der Waals surface area contributed by atoms with Crippen molar-refractivity contribution in [1.29, 1.82) is 0 Å². The molecule has 6 nitrogen and oxygen atoms in total. The maximum atomic E-state index is 13.5. The van der Waals surface area contributed by atoms with Crippen LogP contribution in [0.2, 0.25) is 0 Å². The number of amides is 1. The molecule has 4 aliphatic rings. The van der Waals surface area contributed by atoms with Crippen LogP contribution in [0.25, 0.3) is 0 Å². The molecule has 6 atom stereocenters. The van der Waals surface area contributed by atoms with Crippen molar-refractivity contribution in [2.75, 3.05) is 26.4 Å². The number of fused-ring (bicyclic) bond motifs is 5. The number of carbonyl (C=O) groups excluding carboxylic acids is 2. The number of allylic oxidation sites excluding steroid dienone is 1. The third kappa shape index (κ3) is 5.14. The van der Waals surface area contributed by atoms with E-state index in [0.29, 0.717) is 42.4 Å². The predicted molar refractivity (Wildman–Crippen MR) is 140 cm³/mol. The van der Waals surface area contributed by atoms with Crippen molar-refractivity contribution >= 4 is 17.6 Å². The van der Waals surface area contributed by atoms with Gasteiger partial charge in [0.1, 0.15) is 0 Å². The smallest absolute Gasteiger partial charge is 0.315 e. The molecular weight excluding hydrogens is 457 g/mol. The van der Waals surface area contributed by atoms with Gasteiger partial charge in [-0.25, -0.2) is 9.18 Å². The van der Waals surface area contributed by atoms with Crippen LogP contribution in [0, 0.1) is 40.4 Å². The Labute approximate surface area is 216 Å². The molecule has 0 aliphatic heterocycles. The topological polar surface area (TPSA) is 71.0 Å². The van der Waals surface area contributed by atoms with Gasteiger partial charge in [-0.15, -0.1) is 0 Å². The highest BCUT2D eigenvalue weighted by Crippen LogP contribution is 2.66. The quantitative estimate of drug-likeness (QED) is 0.142. The Bertz CT molecular complexity index is 902. The minimum atomic E-state index is -0.885. The number of halogens is 1. The van der Waals surface area contributed by atoms with E-state index in [0.717, 1.165) is 42.8 Å². The Morgan fingerprint density at radius 2 is 1.97 bits per heavy atom. The van der Waals surface area contributed by atoms with Gasteiger partial charge in [0.2, 0.25) is 0 Å². The average molecular weight is 504 g/mol. The second-order valence-corrected chi connectivity index (χ2v) is 12.7. The molecule has 0 aromatic heterocycles. The molecule has 1 N–H and O–H groups in total. The first-order valence-electron chi connectivity index (χ1n) is 14.1. The Hall–Kier alpha value is -1.76. The molecule has 3 saturated carbocycles. The van der Waals surface area contributed by atoms with Crippen LogP contribution in [0.3, 0.4) is 0 Å². The number of hydrogen-bond donors (Lipinski definition) is 1. The second-order valence-electron chi connectivity index (χ2n) is 12.7. The van der Waals surface area contributed by atoms with Gasteiger partial charge in [-0.2, -0.15) is 0 Å². The van der Waals surface area contributed by atoms with Crippen LogP contribution in [0.5, 0.6) is 0 Å². The van der Waals surface area contributed by atoms with Gasteiger partial charge in [0.05, 0.1) is 5.71 Å². The fourth-order valence-electron chi connectivity index (χ4n) is 8.28. The fraction of sp³-hybridized carbons (Fsp3) is 0.828. The molecule has 0 radical (unpaired) electrons. The first kappa shape index (κ1) is 27.3. The van der Waals surface area contributed by atoms with E-state index in [-0.39, 0.29) is 23.3 Å². The number of nitrogens with one attached hydrogen (secondary N) is 1. The Balaban J connectivity index is 1.39. The summed E-state index contributed by atoms with van der Waals surface area (Å²) in [6.07, 6.45) is 9.71. The molecule has 36 heavy (non-hydrogen) atoms. The van der Waals surface area contributed by atoms with Gasteiger partial charge < -0.3 is 5.32 Å². The third-order valence-electron chi connectivity index (χ3n) is 10.2. The van der Waals surface area contributed by atoms with Crippen molar-refractivity contribution in [2.45, 2.75) is 86.0 Å². The predicted octanol–water partition coefficient (Wildman–Crippen LogP) is 6.12. The highest BCUT2D eigenvalue weighted by Gasteiger charge is 2.59. The molecule has 3 fully saturated rings. The van der Waals surface area contributed by atoms with Crippen LogP contribution in [0.15, 0.2) is 16.8 Å². The maximum absolute atomic E-state index is 13.5. The van der Waals surface area contributed by atoms with E-state index in [9.17, 15) is 14.0 Å². The zero-order chi connectivity index (χ0) is 26.1. The molecule has 1 amide bonds. The fourth-order valence-corrected chi connectivity index (χ4v) is 8.28. The summed E-state index contributed by atoms with van der Waals surface area (Å²) in [7, 11) is 0. The van der Waals surface area contributed by atoms with E-state index < -0.39 is 12.9 Å². The van der Waals surface area contributed by atoms with Gasteiger partial charge in [0, 0.05) is 25.4 Å². The Kier molecular flexibility index (Phi) is 8.28. The van der Waals surface area contributed by atoms with Crippen LogP contribution >= 0.6 is 0 Å². The molecule has 0 spiro atoms. The minimum absolute atomic E-state index is 0.143. The highest BCUT2D eigenvalue weighted by molar-refractivity contribution is 5.91. The van der Waals surface area contributed by atoms with Crippen molar-refractivity contribution in [3.63, 3.8) is 0 Å². The summed E-state index contributed by atoms with van der Waals surface area (Å²) in [4.78, 5) is 30.8. The van der Waals surface area contributed by atoms with Crippen molar-refractivity contribution in [1.82, 2.24) is 10.2 Å².